The van der Waals surface area contributed by atoms with Crippen molar-refractivity contribution in [1.29, 1.82) is 0 Å². The second kappa shape index (κ2) is 5.81. The highest BCUT2D eigenvalue weighted by molar-refractivity contribution is 14.1. The number of aromatic carboxylic acids is 1. The zero-order valence-electron chi connectivity index (χ0n) is 9.34. The van der Waals surface area contributed by atoms with Crippen molar-refractivity contribution >= 4 is 28.6 Å². The topological polar surface area (TPSA) is 59.4 Å². The van der Waals surface area contributed by atoms with Crippen LogP contribution in [0.3, 0.4) is 0 Å². The number of ether oxygens (including phenoxy) is 1. The summed E-state index contributed by atoms with van der Waals surface area (Å²) in [4.78, 5) is 14.5. The van der Waals surface area contributed by atoms with E-state index < -0.39 is 5.97 Å². The van der Waals surface area contributed by atoms with Gasteiger partial charge in [0, 0.05) is 9.77 Å². The first-order chi connectivity index (χ1) is 8.65. The van der Waals surface area contributed by atoms with E-state index in [1.54, 1.807) is 6.07 Å². The van der Waals surface area contributed by atoms with Gasteiger partial charge < -0.3 is 9.84 Å². The molecule has 2 rings (SSSR count). The number of carboxylic acid groups (broad SMARTS) is 1. The normalized spacial score (nSPS) is 10.1. The molecule has 0 saturated heterocycles. The van der Waals surface area contributed by atoms with E-state index in [0.717, 1.165) is 14.9 Å². The van der Waals surface area contributed by atoms with E-state index in [1.165, 1.54) is 12.3 Å². The van der Waals surface area contributed by atoms with E-state index in [-0.39, 0.29) is 5.69 Å². The SMILES string of the molecule is O=C(O)c1cc(COc2cccc(I)c2)ccn1. The highest BCUT2D eigenvalue weighted by Crippen LogP contribution is 2.16. The van der Waals surface area contributed by atoms with Crippen molar-refractivity contribution in [3.8, 4) is 5.75 Å². The minimum atomic E-state index is -1.04. The number of nitrogens with zero attached hydrogens (tertiary/aromatic N) is 1. The van der Waals surface area contributed by atoms with Gasteiger partial charge in [-0.3, -0.25) is 0 Å². The number of hydrogen-bond acceptors (Lipinski definition) is 3. The Morgan fingerprint density at radius 2 is 2.17 bits per heavy atom. The number of rotatable bonds is 4. The Hall–Kier alpha value is -1.63. The van der Waals surface area contributed by atoms with Gasteiger partial charge in [-0.25, -0.2) is 9.78 Å². The summed E-state index contributed by atoms with van der Waals surface area (Å²) in [5.41, 5.74) is 0.806. The van der Waals surface area contributed by atoms with Crippen LogP contribution in [0, 0.1) is 3.57 Å². The molecular weight excluding hydrogens is 345 g/mol. The Labute approximate surface area is 118 Å². The van der Waals surface area contributed by atoms with Gasteiger partial charge in [0.05, 0.1) is 0 Å². The maximum absolute atomic E-state index is 10.8. The molecule has 0 unspecified atom stereocenters. The van der Waals surface area contributed by atoms with Gasteiger partial charge in [-0.2, -0.15) is 0 Å². The second-order valence-corrected chi connectivity index (χ2v) is 4.85. The van der Waals surface area contributed by atoms with Gasteiger partial charge in [0.1, 0.15) is 18.1 Å². The first-order valence-corrected chi connectivity index (χ1v) is 6.29. The maximum Gasteiger partial charge on any atom is 0.354 e. The van der Waals surface area contributed by atoms with Gasteiger partial charge in [0.2, 0.25) is 0 Å². The third kappa shape index (κ3) is 3.43. The van der Waals surface area contributed by atoms with Gasteiger partial charge in [0.25, 0.3) is 0 Å². The van der Waals surface area contributed by atoms with Gasteiger partial charge in [-0.05, 0) is 58.5 Å². The van der Waals surface area contributed by atoms with Crippen LogP contribution in [-0.2, 0) is 6.61 Å². The Morgan fingerprint density at radius 3 is 2.89 bits per heavy atom. The summed E-state index contributed by atoms with van der Waals surface area (Å²) in [7, 11) is 0. The summed E-state index contributed by atoms with van der Waals surface area (Å²) >= 11 is 2.21. The molecule has 0 radical (unpaired) electrons. The van der Waals surface area contributed by atoms with Crippen LogP contribution >= 0.6 is 22.6 Å². The molecule has 0 bridgehead atoms. The van der Waals surface area contributed by atoms with Crippen LogP contribution in [0.15, 0.2) is 42.6 Å². The largest absolute Gasteiger partial charge is 0.489 e. The summed E-state index contributed by atoms with van der Waals surface area (Å²) in [5, 5.41) is 8.83. The third-order valence-corrected chi connectivity index (χ3v) is 2.92. The zero-order valence-corrected chi connectivity index (χ0v) is 11.5. The fraction of sp³-hybridized carbons (Fsp3) is 0.0769. The molecular formula is C13H10INO3. The van der Waals surface area contributed by atoms with E-state index >= 15 is 0 Å². The Bertz CT molecular complexity index is 572. The van der Waals surface area contributed by atoms with Crippen LogP contribution in [0.1, 0.15) is 16.1 Å². The minimum Gasteiger partial charge on any atom is -0.489 e. The van der Waals surface area contributed by atoms with Crippen molar-refractivity contribution in [3.63, 3.8) is 0 Å². The summed E-state index contributed by atoms with van der Waals surface area (Å²) in [6.45, 7) is 0.322. The lowest BCUT2D eigenvalue weighted by atomic mass is 10.2. The molecule has 5 heteroatoms. The average molecular weight is 355 g/mol. The molecule has 0 atom stereocenters. The zero-order chi connectivity index (χ0) is 13.0. The Kier molecular flexibility index (Phi) is 4.14. The number of halogens is 1. The molecule has 1 heterocycles. The highest BCUT2D eigenvalue weighted by atomic mass is 127. The lowest BCUT2D eigenvalue weighted by Gasteiger charge is -2.06. The van der Waals surface area contributed by atoms with Crippen LogP contribution in [0.4, 0.5) is 0 Å². The van der Waals surface area contributed by atoms with Gasteiger partial charge >= 0.3 is 5.97 Å². The number of pyridine rings is 1. The van der Waals surface area contributed by atoms with Crippen molar-refractivity contribution in [3.05, 3.63) is 57.4 Å². The number of benzene rings is 1. The molecule has 0 aliphatic heterocycles. The predicted molar refractivity (Wildman–Crippen MR) is 74.7 cm³/mol. The molecule has 0 amide bonds. The van der Waals surface area contributed by atoms with Gasteiger partial charge in [-0.15, -0.1) is 0 Å². The van der Waals surface area contributed by atoms with E-state index in [4.69, 9.17) is 9.84 Å². The van der Waals surface area contributed by atoms with Crippen LogP contribution in [0.25, 0.3) is 0 Å². The van der Waals surface area contributed by atoms with E-state index in [0.29, 0.717) is 6.61 Å². The molecule has 0 fully saturated rings. The van der Waals surface area contributed by atoms with E-state index in [1.807, 2.05) is 24.3 Å². The lowest BCUT2D eigenvalue weighted by Crippen LogP contribution is -2.02. The van der Waals surface area contributed by atoms with Gasteiger partial charge in [0.15, 0.2) is 0 Å². The maximum atomic E-state index is 10.8. The van der Waals surface area contributed by atoms with Crippen LogP contribution < -0.4 is 4.74 Å². The molecule has 0 aliphatic rings. The molecule has 0 saturated carbocycles. The molecule has 0 aliphatic carbocycles. The van der Waals surface area contributed by atoms with Crippen molar-refractivity contribution in [1.82, 2.24) is 4.98 Å². The van der Waals surface area contributed by atoms with E-state index in [9.17, 15) is 4.79 Å². The molecule has 4 nitrogen and oxygen atoms in total. The van der Waals surface area contributed by atoms with Gasteiger partial charge in [-0.1, -0.05) is 6.07 Å². The van der Waals surface area contributed by atoms with Crippen molar-refractivity contribution in [2.45, 2.75) is 6.61 Å². The van der Waals surface area contributed by atoms with Crippen LogP contribution in [0.5, 0.6) is 5.75 Å². The molecule has 18 heavy (non-hydrogen) atoms. The number of aromatic nitrogens is 1. The fourth-order valence-electron chi connectivity index (χ4n) is 1.40. The number of hydrogen-bond donors (Lipinski definition) is 1. The summed E-state index contributed by atoms with van der Waals surface area (Å²) in [6, 6.07) is 10.9. The Balaban J connectivity index is 2.06. The molecule has 1 N–H and O–H groups in total. The molecule has 1 aromatic carbocycles. The first kappa shape index (κ1) is 12.8. The van der Waals surface area contributed by atoms with Crippen LogP contribution in [0.2, 0.25) is 0 Å². The predicted octanol–water partition coefficient (Wildman–Crippen LogP) is 2.96. The molecule has 1 aromatic heterocycles. The Morgan fingerprint density at radius 1 is 1.33 bits per heavy atom. The fourth-order valence-corrected chi connectivity index (χ4v) is 1.92. The summed E-state index contributed by atoms with van der Waals surface area (Å²) < 4.78 is 6.67. The molecule has 92 valence electrons. The smallest absolute Gasteiger partial charge is 0.354 e. The summed E-state index contributed by atoms with van der Waals surface area (Å²) in [6.07, 6.45) is 1.47. The van der Waals surface area contributed by atoms with Crippen molar-refractivity contribution in [2.75, 3.05) is 0 Å². The second-order valence-electron chi connectivity index (χ2n) is 3.60. The van der Waals surface area contributed by atoms with Crippen molar-refractivity contribution in [2.24, 2.45) is 0 Å². The summed E-state index contributed by atoms with van der Waals surface area (Å²) in [5.74, 6) is -0.276. The number of carbonyl (C=O) groups is 1. The standard InChI is InChI=1S/C13H10INO3/c14-10-2-1-3-11(7-10)18-8-9-4-5-15-12(6-9)13(16)17/h1-7H,8H2,(H,16,17). The first-order valence-electron chi connectivity index (χ1n) is 5.22. The molecule has 2 aromatic rings. The van der Waals surface area contributed by atoms with Crippen LogP contribution in [-0.4, -0.2) is 16.1 Å². The third-order valence-electron chi connectivity index (χ3n) is 2.25. The average Bonchev–Trinajstić information content (AvgIpc) is 2.37. The minimum absolute atomic E-state index is 0.0266. The monoisotopic (exact) mass is 355 g/mol. The van der Waals surface area contributed by atoms with E-state index in [2.05, 4.69) is 27.6 Å². The highest BCUT2D eigenvalue weighted by Gasteiger charge is 2.05. The quantitative estimate of drug-likeness (QED) is 0.857. The lowest BCUT2D eigenvalue weighted by molar-refractivity contribution is 0.0690. The van der Waals surface area contributed by atoms with Crippen molar-refractivity contribution < 1.29 is 14.6 Å². The molecule has 0 spiro atoms. The number of carboxylic acids is 1.